The van der Waals surface area contributed by atoms with E-state index in [-0.39, 0.29) is 13.2 Å². The summed E-state index contributed by atoms with van der Waals surface area (Å²) in [5.41, 5.74) is 1.83. The molecular formula is C28H32O6. The maximum absolute atomic E-state index is 11.0. The molecule has 0 amide bonds. The first-order valence-corrected chi connectivity index (χ1v) is 11.5. The minimum atomic E-state index is -1.30. The van der Waals surface area contributed by atoms with Gasteiger partial charge in [0.25, 0.3) is 0 Å². The van der Waals surface area contributed by atoms with Gasteiger partial charge in [-0.1, -0.05) is 91.0 Å². The zero-order chi connectivity index (χ0) is 23.8. The lowest BCUT2D eigenvalue weighted by Gasteiger charge is -2.52. The second-order valence-electron chi connectivity index (χ2n) is 8.50. The van der Waals surface area contributed by atoms with Gasteiger partial charge in [-0.2, -0.15) is 0 Å². The average molecular weight is 465 g/mol. The first kappa shape index (κ1) is 24.5. The number of aliphatic hydroxyl groups excluding tert-OH is 2. The van der Waals surface area contributed by atoms with Gasteiger partial charge in [0.1, 0.15) is 23.9 Å². The number of ether oxygens (including phenoxy) is 4. The highest BCUT2D eigenvalue weighted by Gasteiger charge is 2.58. The van der Waals surface area contributed by atoms with E-state index in [4.69, 9.17) is 18.9 Å². The van der Waals surface area contributed by atoms with Gasteiger partial charge >= 0.3 is 0 Å². The van der Waals surface area contributed by atoms with Crippen LogP contribution in [0, 0.1) is 0 Å². The maximum atomic E-state index is 11.0. The highest BCUT2D eigenvalue weighted by molar-refractivity contribution is 5.22. The van der Waals surface area contributed by atoms with E-state index in [2.05, 4.69) is 0 Å². The fraction of sp³-hybridized carbons (Fsp3) is 0.357. The second kappa shape index (κ2) is 11.7. The van der Waals surface area contributed by atoms with Gasteiger partial charge in [0.2, 0.25) is 0 Å². The number of hydrogen-bond acceptors (Lipinski definition) is 6. The van der Waals surface area contributed by atoms with Crippen molar-refractivity contribution in [3.05, 3.63) is 108 Å². The summed E-state index contributed by atoms with van der Waals surface area (Å²) in [7, 11) is 1.59. The minimum absolute atomic E-state index is 0.265. The van der Waals surface area contributed by atoms with Crippen molar-refractivity contribution >= 4 is 0 Å². The van der Waals surface area contributed by atoms with Crippen molar-refractivity contribution in [2.24, 2.45) is 0 Å². The molecule has 0 aliphatic carbocycles. The maximum Gasteiger partial charge on any atom is 0.184 e. The fourth-order valence-corrected chi connectivity index (χ4v) is 4.59. The van der Waals surface area contributed by atoms with E-state index >= 15 is 0 Å². The van der Waals surface area contributed by atoms with Crippen molar-refractivity contribution < 1.29 is 29.2 Å². The molecule has 3 aromatic carbocycles. The van der Waals surface area contributed by atoms with E-state index in [0.717, 1.165) is 16.7 Å². The lowest BCUT2D eigenvalue weighted by atomic mass is 9.78. The van der Waals surface area contributed by atoms with Crippen LogP contribution in [0.15, 0.2) is 91.0 Å². The van der Waals surface area contributed by atoms with Crippen molar-refractivity contribution in [2.75, 3.05) is 13.7 Å². The van der Waals surface area contributed by atoms with Crippen LogP contribution in [0.5, 0.6) is 0 Å². The van der Waals surface area contributed by atoms with Crippen molar-refractivity contribution in [3.8, 4) is 0 Å². The van der Waals surface area contributed by atoms with Crippen LogP contribution in [-0.4, -0.2) is 54.1 Å². The molecule has 1 heterocycles. The van der Waals surface area contributed by atoms with Crippen LogP contribution >= 0.6 is 0 Å². The number of aliphatic hydroxyl groups is 2. The molecule has 0 saturated carbocycles. The standard InChI is InChI=1S/C28H32O6/c1-31-28(17-21-11-5-2-6-12-21)25(32-19-22-13-7-3-8-14-22)24(18-29)34-27(30)26(28)33-20-23-15-9-4-10-16-23/h2-16,24-27,29-30H,17-20H2,1H3/t24-,25-,26+,27+,28+/m1/s1. The molecule has 0 unspecified atom stereocenters. The Hall–Kier alpha value is -2.58. The quantitative estimate of drug-likeness (QED) is 0.478. The van der Waals surface area contributed by atoms with Crippen molar-refractivity contribution in [1.82, 2.24) is 0 Å². The van der Waals surface area contributed by atoms with E-state index in [1.54, 1.807) is 7.11 Å². The highest BCUT2D eigenvalue weighted by atomic mass is 16.7. The molecule has 1 saturated heterocycles. The molecule has 5 atom stereocenters. The first-order chi connectivity index (χ1) is 16.7. The molecule has 3 aromatic rings. The van der Waals surface area contributed by atoms with Gasteiger partial charge < -0.3 is 29.2 Å². The fourth-order valence-electron chi connectivity index (χ4n) is 4.59. The van der Waals surface area contributed by atoms with E-state index in [1.165, 1.54) is 0 Å². The number of benzene rings is 3. The third kappa shape index (κ3) is 5.55. The highest BCUT2D eigenvalue weighted by Crippen LogP contribution is 2.39. The SMILES string of the molecule is CO[C@@]1(Cc2ccccc2)[C@H](OCc2ccccc2)[C@@H](CO)O[C@H](O)[C@@H]1OCc1ccccc1. The van der Waals surface area contributed by atoms with Gasteiger partial charge in [-0.05, 0) is 16.7 Å². The van der Waals surface area contributed by atoms with Crippen molar-refractivity contribution in [2.45, 2.75) is 49.8 Å². The van der Waals surface area contributed by atoms with Crippen LogP contribution in [0.25, 0.3) is 0 Å². The molecule has 0 radical (unpaired) electrons. The third-order valence-corrected chi connectivity index (χ3v) is 6.30. The zero-order valence-corrected chi connectivity index (χ0v) is 19.3. The molecule has 0 aromatic heterocycles. The van der Waals surface area contributed by atoms with Gasteiger partial charge in [0.15, 0.2) is 6.29 Å². The molecular weight excluding hydrogens is 432 g/mol. The van der Waals surface area contributed by atoms with Gasteiger partial charge in [-0.3, -0.25) is 0 Å². The largest absolute Gasteiger partial charge is 0.394 e. The zero-order valence-electron chi connectivity index (χ0n) is 19.3. The van der Waals surface area contributed by atoms with E-state index in [1.807, 2.05) is 91.0 Å². The second-order valence-corrected chi connectivity index (χ2v) is 8.50. The van der Waals surface area contributed by atoms with Crippen LogP contribution < -0.4 is 0 Å². The smallest absolute Gasteiger partial charge is 0.184 e. The van der Waals surface area contributed by atoms with E-state index in [9.17, 15) is 10.2 Å². The molecule has 2 N–H and O–H groups in total. The van der Waals surface area contributed by atoms with Crippen LogP contribution in [0.3, 0.4) is 0 Å². The number of rotatable bonds is 10. The normalized spacial score (nSPS) is 26.9. The molecule has 34 heavy (non-hydrogen) atoms. The first-order valence-electron chi connectivity index (χ1n) is 11.5. The van der Waals surface area contributed by atoms with Crippen LogP contribution in [0.4, 0.5) is 0 Å². The molecule has 6 heteroatoms. The van der Waals surface area contributed by atoms with Crippen molar-refractivity contribution in [1.29, 1.82) is 0 Å². The minimum Gasteiger partial charge on any atom is -0.394 e. The summed E-state index contributed by atoms with van der Waals surface area (Å²) in [6.07, 6.45) is -3.26. The topological polar surface area (TPSA) is 77.4 Å². The predicted molar refractivity (Wildman–Crippen MR) is 128 cm³/mol. The van der Waals surface area contributed by atoms with E-state index < -0.39 is 30.2 Å². The molecule has 1 aliphatic rings. The Morgan fingerprint density at radius 3 is 1.68 bits per heavy atom. The Balaban J connectivity index is 1.68. The Morgan fingerprint density at radius 1 is 0.735 bits per heavy atom. The summed E-state index contributed by atoms with van der Waals surface area (Å²) in [6.45, 7) is 0.232. The van der Waals surface area contributed by atoms with E-state index in [0.29, 0.717) is 13.0 Å². The molecule has 1 fully saturated rings. The molecule has 1 aliphatic heterocycles. The third-order valence-electron chi connectivity index (χ3n) is 6.30. The number of methoxy groups -OCH3 is 1. The molecule has 4 rings (SSSR count). The van der Waals surface area contributed by atoms with Gasteiger partial charge in [-0.25, -0.2) is 0 Å². The Kier molecular flexibility index (Phi) is 8.45. The Bertz CT molecular complexity index is 984. The monoisotopic (exact) mass is 464 g/mol. The summed E-state index contributed by atoms with van der Waals surface area (Å²) in [5.74, 6) is 0. The molecule has 180 valence electrons. The van der Waals surface area contributed by atoms with Gasteiger partial charge in [0.05, 0.1) is 19.8 Å². The summed E-state index contributed by atoms with van der Waals surface area (Å²) < 4.78 is 24.6. The Morgan fingerprint density at radius 2 is 1.21 bits per heavy atom. The molecule has 0 spiro atoms. The summed E-state index contributed by atoms with van der Waals surface area (Å²) in [5, 5.41) is 21.2. The van der Waals surface area contributed by atoms with Crippen LogP contribution in [-0.2, 0) is 38.6 Å². The van der Waals surface area contributed by atoms with Crippen molar-refractivity contribution in [3.63, 3.8) is 0 Å². The molecule has 0 bridgehead atoms. The lowest BCUT2D eigenvalue weighted by Crippen LogP contribution is -2.70. The summed E-state index contributed by atoms with van der Waals surface area (Å²) in [4.78, 5) is 0. The summed E-state index contributed by atoms with van der Waals surface area (Å²) >= 11 is 0. The van der Waals surface area contributed by atoms with Gasteiger partial charge in [0, 0.05) is 13.5 Å². The lowest BCUT2D eigenvalue weighted by molar-refractivity contribution is -0.345. The van der Waals surface area contributed by atoms with Crippen LogP contribution in [0.1, 0.15) is 16.7 Å². The average Bonchev–Trinajstić information content (AvgIpc) is 2.89. The summed E-state index contributed by atoms with van der Waals surface area (Å²) in [6, 6.07) is 29.4. The molecule has 6 nitrogen and oxygen atoms in total. The Labute approximate surface area is 200 Å². The van der Waals surface area contributed by atoms with Gasteiger partial charge in [-0.15, -0.1) is 0 Å². The predicted octanol–water partition coefficient (Wildman–Crippen LogP) is 3.49. The van der Waals surface area contributed by atoms with Crippen LogP contribution in [0.2, 0.25) is 0 Å². The number of hydrogen-bond donors (Lipinski definition) is 2.